The number of sulfonamides is 1. The molecule has 1 aromatic rings. The van der Waals surface area contributed by atoms with Crippen LogP contribution in [0.2, 0.25) is 0 Å². The van der Waals surface area contributed by atoms with Crippen molar-refractivity contribution in [2.45, 2.75) is 19.3 Å². The van der Waals surface area contributed by atoms with Crippen molar-refractivity contribution < 1.29 is 8.42 Å². The second-order valence-electron chi connectivity index (χ2n) is 4.97. The van der Waals surface area contributed by atoms with Crippen LogP contribution in [0.15, 0.2) is 24.3 Å². The van der Waals surface area contributed by atoms with Crippen molar-refractivity contribution in [3.63, 3.8) is 0 Å². The first-order chi connectivity index (χ1) is 8.53. The van der Waals surface area contributed by atoms with Crippen molar-refractivity contribution >= 4 is 28.1 Å². The number of halogens is 1. The molecular formula is C13H21ClN2O2S. The van der Waals surface area contributed by atoms with Crippen molar-refractivity contribution in [2.24, 2.45) is 5.92 Å². The predicted octanol–water partition coefficient (Wildman–Crippen LogP) is 2.02. The average Bonchev–Trinajstić information content (AvgIpc) is 2.28. The van der Waals surface area contributed by atoms with Crippen LogP contribution in [0.1, 0.15) is 18.4 Å². The van der Waals surface area contributed by atoms with Crippen LogP contribution in [0.25, 0.3) is 0 Å². The van der Waals surface area contributed by atoms with Gasteiger partial charge < -0.3 is 5.32 Å². The second-order valence-corrected chi connectivity index (χ2v) is 6.72. The molecule has 1 aliphatic heterocycles. The second kappa shape index (κ2) is 7.12. The maximum absolute atomic E-state index is 11.2. The van der Waals surface area contributed by atoms with Crippen LogP contribution >= 0.6 is 12.4 Å². The Morgan fingerprint density at radius 2 is 2.00 bits per heavy atom. The molecule has 0 bridgehead atoms. The molecule has 0 aliphatic carbocycles. The van der Waals surface area contributed by atoms with Gasteiger partial charge in [0, 0.05) is 5.69 Å². The zero-order chi connectivity index (χ0) is 13.0. The SMILES string of the molecule is CS(=O)(=O)Nc1cccc(CC2CCNCC2)c1.Cl. The smallest absolute Gasteiger partial charge is 0.229 e. The minimum Gasteiger partial charge on any atom is -0.317 e. The maximum Gasteiger partial charge on any atom is 0.229 e. The number of nitrogens with one attached hydrogen (secondary N) is 2. The molecule has 0 radical (unpaired) electrons. The third kappa shape index (κ3) is 5.80. The maximum atomic E-state index is 11.2. The zero-order valence-electron chi connectivity index (χ0n) is 11.1. The Labute approximate surface area is 121 Å². The van der Waals surface area contributed by atoms with Gasteiger partial charge in [-0.05, 0) is 56.0 Å². The molecule has 0 amide bonds. The molecule has 0 saturated carbocycles. The van der Waals surface area contributed by atoms with Crippen molar-refractivity contribution in [3.05, 3.63) is 29.8 Å². The fourth-order valence-corrected chi connectivity index (χ4v) is 2.95. The first-order valence-electron chi connectivity index (χ1n) is 6.30. The summed E-state index contributed by atoms with van der Waals surface area (Å²) < 4.78 is 24.9. The summed E-state index contributed by atoms with van der Waals surface area (Å²) in [6.45, 7) is 2.18. The molecule has 1 aliphatic rings. The molecule has 108 valence electrons. The summed E-state index contributed by atoms with van der Waals surface area (Å²) in [4.78, 5) is 0. The lowest BCUT2D eigenvalue weighted by atomic mass is 9.91. The van der Waals surface area contributed by atoms with Crippen LogP contribution in [0.5, 0.6) is 0 Å². The minimum atomic E-state index is -3.19. The van der Waals surface area contributed by atoms with E-state index < -0.39 is 10.0 Å². The monoisotopic (exact) mass is 304 g/mol. The van der Waals surface area contributed by atoms with E-state index in [4.69, 9.17) is 0 Å². The van der Waals surface area contributed by atoms with E-state index in [0.717, 1.165) is 19.5 Å². The summed E-state index contributed by atoms with van der Waals surface area (Å²) in [5, 5.41) is 3.35. The number of hydrogen-bond donors (Lipinski definition) is 2. The Bertz CT molecular complexity index is 499. The summed E-state index contributed by atoms with van der Waals surface area (Å²) in [6, 6.07) is 7.69. The highest BCUT2D eigenvalue weighted by Crippen LogP contribution is 2.20. The van der Waals surface area contributed by atoms with Crippen LogP contribution in [0, 0.1) is 5.92 Å². The molecular weight excluding hydrogens is 284 g/mol. The number of hydrogen-bond acceptors (Lipinski definition) is 3. The average molecular weight is 305 g/mol. The lowest BCUT2D eigenvalue weighted by Crippen LogP contribution is -2.28. The molecule has 1 aromatic carbocycles. The number of rotatable bonds is 4. The molecule has 0 spiro atoms. The number of benzene rings is 1. The van der Waals surface area contributed by atoms with Crippen molar-refractivity contribution in [1.82, 2.24) is 5.32 Å². The minimum absolute atomic E-state index is 0. The first-order valence-corrected chi connectivity index (χ1v) is 8.19. The molecule has 1 heterocycles. The molecule has 1 saturated heterocycles. The Balaban J connectivity index is 0.00000180. The highest BCUT2D eigenvalue weighted by Gasteiger charge is 2.13. The van der Waals surface area contributed by atoms with Crippen LogP contribution < -0.4 is 10.0 Å². The summed E-state index contributed by atoms with van der Waals surface area (Å²) in [6.07, 6.45) is 4.60. The van der Waals surface area contributed by atoms with Gasteiger partial charge in [0.05, 0.1) is 6.26 Å². The van der Waals surface area contributed by atoms with Gasteiger partial charge in [-0.25, -0.2) is 8.42 Å². The van der Waals surface area contributed by atoms with Crippen LogP contribution in [-0.4, -0.2) is 27.8 Å². The van der Waals surface area contributed by atoms with Crippen LogP contribution in [-0.2, 0) is 16.4 Å². The molecule has 0 aromatic heterocycles. The Hall–Kier alpha value is -0.780. The van der Waals surface area contributed by atoms with E-state index in [2.05, 4.69) is 16.1 Å². The first kappa shape index (κ1) is 16.3. The molecule has 1 fully saturated rings. The van der Waals surface area contributed by atoms with Gasteiger partial charge in [0.25, 0.3) is 0 Å². The van der Waals surface area contributed by atoms with E-state index in [1.807, 2.05) is 12.1 Å². The topological polar surface area (TPSA) is 58.2 Å². The van der Waals surface area contributed by atoms with E-state index in [9.17, 15) is 8.42 Å². The Morgan fingerprint density at radius 3 is 2.63 bits per heavy atom. The largest absolute Gasteiger partial charge is 0.317 e. The highest BCUT2D eigenvalue weighted by atomic mass is 35.5. The summed E-state index contributed by atoms with van der Waals surface area (Å²) in [5.74, 6) is 0.708. The lowest BCUT2D eigenvalue weighted by molar-refractivity contribution is 0.373. The summed E-state index contributed by atoms with van der Waals surface area (Å²) in [5.41, 5.74) is 1.86. The summed E-state index contributed by atoms with van der Waals surface area (Å²) >= 11 is 0. The normalized spacial score (nSPS) is 16.7. The van der Waals surface area contributed by atoms with E-state index in [1.165, 1.54) is 24.7 Å². The molecule has 4 nitrogen and oxygen atoms in total. The van der Waals surface area contributed by atoms with E-state index in [1.54, 1.807) is 6.07 Å². The third-order valence-electron chi connectivity index (χ3n) is 3.21. The van der Waals surface area contributed by atoms with Gasteiger partial charge in [0.15, 0.2) is 0 Å². The van der Waals surface area contributed by atoms with Gasteiger partial charge in [0.2, 0.25) is 10.0 Å². The van der Waals surface area contributed by atoms with E-state index >= 15 is 0 Å². The van der Waals surface area contributed by atoms with Gasteiger partial charge in [-0.1, -0.05) is 12.1 Å². The van der Waals surface area contributed by atoms with Crippen LogP contribution in [0.3, 0.4) is 0 Å². The standard InChI is InChI=1S/C13H20N2O2S.ClH/c1-18(16,17)15-13-4-2-3-12(10-13)9-11-5-7-14-8-6-11;/h2-4,10-11,14-15H,5-9H2,1H3;1H. The lowest BCUT2D eigenvalue weighted by Gasteiger charge is -2.22. The molecule has 0 unspecified atom stereocenters. The van der Waals surface area contributed by atoms with Gasteiger partial charge >= 0.3 is 0 Å². The van der Waals surface area contributed by atoms with Gasteiger partial charge in [-0.3, -0.25) is 4.72 Å². The number of piperidine rings is 1. The molecule has 2 N–H and O–H groups in total. The van der Waals surface area contributed by atoms with Crippen LogP contribution in [0.4, 0.5) is 5.69 Å². The van der Waals surface area contributed by atoms with Gasteiger partial charge in [-0.2, -0.15) is 0 Å². The van der Waals surface area contributed by atoms with Crippen molar-refractivity contribution in [1.29, 1.82) is 0 Å². The fraction of sp³-hybridized carbons (Fsp3) is 0.538. The molecule has 6 heteroatoms. The van der Waals surface area contributed by atoms with E-state index in [-0.39, 0.29) is 12.4 Å². The highest BCUT2D eigenvalue weighted by molar-refractivity contribution is 7.92. The third-order valence-corrected chi connectivity index (χ3v) is 3.82. The fourth-order valence-electron chi connectivity index (χ4n) is 2.40. The molecule has 0 atom stereocenters. The Morgan fingerprint density at radius 1 is 1.32 bits per heavy atom. The Kier molecular flexibility index (Phi) is 6.10. The molecule has 19 heavy (non-hydrogen) atoms. The predicted molar refractivity (Wildman–Crippen MR) is 81.5 cm³/mol. The van der Waals surface area contributed by atoms with E-state index in [0.29, 0.717) is 11.6 Å². The molecule has 2 rings (SSSR count). The number of anilines is 1. The zero-order valence-corrected chi connectivity index (χ0v) is 12.7. The summed E-state index contributed by atoms with van der Waals surface area (Å²) in [7, 11) is -3.19. The van der Waals surface area contributed by atoms with Gasteiger partial charge in [0.1, 0.15) is 0 Å². The quantitative estimate of drug-likeness (QED) is 0.895. The van der Waals surface area contributed by atoms with Gasteiger partial charge in [-0.15, -0.1) is 12.4 Å². The van der Waals surface area contributed by atoms with Crippen molar-refractivity contribution in [2.75, 3.05) is 24.1 Å². The van der Waals surface area contributed by atoms with Crippen molar-refractivity contribution in [3.8, 4) is 0 Å².